The Morgan fingerprint density at radius 3 is 2.74 bits per heavy atom. The maximum absolute atomic E-state index is 12.1. The summed E-state index contributed by atoms with van der Waals surface area (Å²) in [4.78, 5) is 26.1. The maximum atomic E-state index is 12.1. The Morgan fingerprint density at radius 1 is 1.26 bits per heavy atom. The zero-order valence-corrected chi connectivity index (χ0v) is 15.8. The number of carbonyl (C=O) groups is 2. The van der Waals surface area contributed by atoms with Crippen LogP contribution in [-0.2, 0) is 27.4 Å². The molecule has 9 heteroatoms. The quantitative estimate of drug-likeness (QED) is 0.624. The zero-order valence-electron chi connectivity index (χ0n) is 15.0. The fourth-order valence-corrected chi connectivity index (χ4v) is 2.90. The third kappa shape index (κ3) is 5.20. The summed E-state index contributed by atoms with van der Waals surface area (Å²) >= 11 is 1.48. The Morgan fingerprint density at radius 2 is 2.04 bits per heavy atom. The van der Waals surface area contributed by atoms with Crippen LogP contribution >= 0.6 is 11.3 Å². The number of aryl methyl sites for hydroxylation is 1. The summed E-state index contributed by atoms with van der Waals surface area (Å²) < 4.78 is 5.15. The number of tetrazole rings is 1. The first kappa shape index (κ1) is 18.7. The molecule has 0 spiro atoms. The van der Waals surface area contributed by atoms with Crippen LogP contribution in [0.15, 0.2) is 41.8 Å². The molecular formula is C18H19N5O3S. The van der Waals surface area contributed by atoms with Gasteiger partial charge in [-0.2, -0.15) is 4.80 Å². The number of rotatable bonds is 7. The fraction of sp³-hybridized carbons (Fsp3) is 0.278. The second-order valence-corrected chi connectivity index (χ2v) is 6.90. The molecule has 0 saturated heterocycles. The van der Waals surface area contributed by atoms with E-state index < -0.39 is 12.1 Å². The minimum Gasteiger partial charge on any atom is -0.451 e. The fourth-order valence-electron chi connectivity index (χ4n) is 2.26. The number of hydrogen-bond acceptors (Lipinski definition) is 7. The number of thiophene rings is 1. The van der Waals surface area contributed by atoms with Crippen molar-refractivity contribution in [2.24, 2.45) is 0 Å². The highest BCUT2D eigenvalue weighted by Crippen LogP contribution is 2.19. The lowest BCUT2D eigenvalue weighted by Crippen LogP contribution is -2.36. The van der Waals surface area contributed by atoms with E-state index in [9.17, 15) is 9.59 Å². The number of ether oxygens (including phenoxy) is 1. The molecule has 0 radical (unpaired) electrons. The molecule has 0 aliphatic rings. The number of nitrogens with one attached hydrogen (secondary N) is 1. The van der Waals surface area contributed by atoms with Crippen LogP contribution in [-0.4, -0.2) is 38.2 Å². The van der Waals surface area contributed by atoms with Crippen molar-refractivity contribution in [3.05, 3.63) is 52.9 Å². The predicted molar refractivity (Wildman–Crippen MR) is 99.7 cm³/mol. The van der Waals surface area contributed by atoms with Gasteiger partial charge in [-0.1, -0.05) is 35.9 Å². The van der Waals surface area contributed by atoms with Crippen molar-refractivity contribution >= 4 is 23.2 Å². The molecule has 3 aromatic rings. The van der Waals surface area contributed by atoms with Crippen LogP contribution in [0.4, 0.5) is 0 Å². The van der Waals surface area contributed by atoms with Crippen molar-refractivity contribution < 1.29 is 14.3 Å². The van der Waals surface area contributed by atoms with Crippen LogP contribution in [0.3, 0.4) is 0 Å². The number of amides is 1. The SMILES string of the molecule is Cc1ccc(CNC(=O)[C@H](C)OC(=O)Cn2nnc(-c3cccs3)n2)cc1. The number of nitrogens with zero attached hydrogens (tertiary/aromatic N) is 4. The first-order chi connectivity index (χ1) is 13.0. The van der Waals surface area contributed by atoms with Gasteiger partial charge >= 0.3 is 5.97 Å². The molecule has 1 N–H and O–H groups in total. The van der Waals surface area contributed by atoms with E-state index in [4.69, 9.17) is 4.74 Å². The molecule has 3 rings (SSSR count). The molecule has 1 atom stereocenters. The largest absolute Gasteiger partial charge is 0.451 e. The summed E-state index contributed by atoms with van der Waals surface area (Å²) in [6.45, 7) is 3.68. The Bertz CT molecular complexity index is 905. The van der Waals surface area contributed by atoms with Gasteiger partial charge in [0, 0.05) is 6.54 Å². The van der Waals surface area contributed by atoms with Crippen molar-refractivity contribution in [3.63, 3.8) is 0 Å². The molecule has 2 heterocycles. The van der Waals surface area contributed by atoms with Crippen LogP contribution in [0.25, 0.3) is 10.7 Å². The van der Waals surface area contributed by atoms with Crippen LogP contribution in [0.2, 0.25) is 0 Å². The van der Waals surface area contributed by atoms with Crippen molar-refractivity contribution in [2.75, 3.05) is 0 Å². The van der Waals surface area contributed by atoms with Gasteiger partial charge in [-0.05, 0) is 36.1 Å². The molecule has 1 amide bonds. The first-order valence-electron chi connectivity index (χ1n) is 8.35. The minimum absolute atomic E-state index is 0.214. The zero-order chi connectivity index (χ0) is 19.2. The van der Waals surface area contributed by atoms with E-state index in [1.807, 2.05) is 48.7 Å². The van der Waals surface area contributed by atoms with E-state index >= 15 is 0 Å². The number of hydrogen-bond donors (Lipinski definition) is 1. The lowest BCUT2D eigenvalue weighted by Gasteiger charge is -2.13. The van der Waals surface area contributed by atoms with Gasteiger partial charge in [-0.15, -0.1) is 21.5 Å². The molecule has 0 bridgehead atoms. The van der Waals surface area contributed by atoms with Gasteiger partial charge in [0.15, 0.2) is 12.6 Å². The first-order valence-corrected chi connectivity index (χ1v) is 9.23. The molecule has 0 saturated carbocycles. The second kappa shape index (κ2) is 8.54. The summed E-state index contributed by atoms with van der Waals surface area (Å²) in [5, 5.41) is 16.5. The Labute approximate surface area is 160 Å². The van der Waals surface area contributed by atoms with Crippen LogP contribution in [0.1, 0.15) is 18.1 Å². The van der Waals surface area contributed by atoms with E-state index in [0.29, 0.717) is 12.4 Å². The number of esters is 1. The molecule has 2 aromatic heterocycles. The topological polar surface area (TPSA) is 99.0 Å². The lowest BCUT2D eigenvalue weighted by molar-refractivity contribution is -0.155. The van der Waals surface area contributed by atoms with Crippen LogP contribution in [0, 0.1) is 6.92 Å². The molecule has 1 aromatic carbocycles. The highest BCUT2D eigenvalue weighted by atomic mass is 32.1. The second-order valence-electron chi connectivity index (χ2n) is 5.96. The average Bonchev–Trinajstić information content (AvgIpc) is 3.32. The van der Waals surface area contributed by atoms with Gasteiger partial charge in [0.25, 0.3) is 5.91 Å². The highest BCUT2D eigenvalue weighted by molar-refractivity contribution is 7.13. The van der Waals surface area contributed by atoms with Gasteiger partial charge < -0.3 is 10.1 Å². The lowest BCUT2D eigenvalue weighted by atomic mass is 10.1. The van der Waals surface area contributed by atoms with E-state index in [2.05, 4.69) is 20.7 Å². The van der Waals surface area contributed by atoms with E-state index in [1.54, 1.807) is 0 Å². The number of carbonyl (C=O) groups excluding carboxylic acids is 2. The molecule has 0 aliphatic carbocycles. The van der Waals surface area contributed by atoms with Crippen molar-refractivity contribution in [1.29, 1.82) is 0 Å². The van der Waals surface area contributed by atoms with Gasteiger partial charge in [0.05, 0.1) is 4.88 Å². The summed E-state index contributed by atoms with van der Waals surface area (Å²) in [5.74, 6) is -0.528. The van der Waals surface area contributed by atoms with Gasteiger partial charge in [-0.25, -0.2) is 4.79 Å². The summed E-state index contributed by atoms with van der Waals surface area (Å²) in [5.41, 5.74) is 2.12. The summed E-state index contributed by atoms with van der Waals surface area (Å²) in [6, 6.07) is 11.6. The number of benzene rings is 1. The molecule has 0 fully saturated rings. The average molecular weight is 385 g/mol. The van der Waals surface area contributed by atoms with E-state index in [0.717, 1.165) is 20.8 Å². The van der Waals surface area contributed by atoms with Crippen LogP contribution < -0.4 is 5.32 Å². The predicted octanol–water partition coefficient (Wildman–Crippen LogP) is 1.96. The Balaban J connectivity index is 1.46. The van der Waals surface area contributed by atoms with Crippen molar-refractivity contribution in [2.45, 2.75) is 33.0 Å². The molecule has 27 heavy (non-hydrogen) atoms. The minimum atomic E-state index is -0.914. The summed E-state index contributed by atoms with van der Waals surface area (Å²) in [7, 11) is 0. The smallest absolute Gasteiger partial charge is 0.330 e. The highest BCUT2D eigenvalue weighted by Gasteiger charge is 2.19. The third-order valence-corrected chi connectivity index (χ3v) is 4.60. The van der Waals surface area contributed by atoms with Crippen LogP contribution in [0.5, 0.6) is 0 Å². The third-order valence-electron chi connectivity index (χ3n) is 3.73. The van der Waals surface area contributed by atoms with E-state index in [-0.39, 0.29) is 12.5 Å². The normalized spacial score (nSPS) is 11.8. The molecule has 0 aliphatic heterocycles. The van der Waals surface area contributed by atoms with Crippen molar-refractivity contribution in [3.8, 4) is 10.7 Å². The Kier molecular flexibility index (Phi) is 5.92. The van der Waals surface area contributed by atoms with Crippen molar-refractivity contribution in [1.82, 2.24) is 25.5 Å². The Hall–Kier alpha value is -3.07. The van der Waals surface area contributed by atoms with E-state index in [1.165, 1.54) is 18.3 Å². The molecule has 140 valence electrons. The standard InChI is InChI=1S/C18H19N5O3S/c1-12-5-7-14(8-6-12)10-19-18(25)13(2)26-16(24)11-23-21-17(20-22-23)15-4-3-9-27-15/h3-9,13H,10-11H2,1-2H3,(H,19,25)/t13-/m0/s1. The molecule has 0 unspecified atom stereocenters. The van der Waals surface area contributed by atoms with Gasteiger partial charge in [0.2, 0.25) is 5.82 Å². The molecular weight excluding hydrogens is 366 g/mol. The maximum Gasteiger partial charge on any atom is 0.330 e. The number of aromatic nitrogens is 4. The monoisotopic (exact) mass is 385 g/mol. The molecule has 8 nitrogen and oxygen atoms in total. The van der Waals surface area contributed by atoms with Gasteiger partial charge in [0.1, 0.15) is 0 Å². The summed E-state index contributed by atoms with van der Waals surface area (Å²) in [6.07, 6.45) is -0.914. The van der Waals surface area contributed by atoms with Gasteiger partial charge in [-0.3, -0.25) is 4.79 Å².